The fraction of sp³-hybridized carbons (Fsp3) is 0.286. The van der Waals surface area contributed by atoms with Crippen LogP contribution in [-0.2, 0) is 4.79 Å². The number of allylic oxidation sites excluding steroid dienone is 2. The number of nitrogens with two attached hydrogens (primary N) is 1. The molecule has 1 aliphatic rings. The fourth-order valence-corrected chi connectivity index (χ4v) is 2.38. The monoisotopic (exact) mass is 189 g/mol. The van der Waals surface area contributed by atoms with Crippen LogP contribution in [0.25, 0.3) is 0 Å². The quantitative estimate of drug-likeness (QED) is 0.462. The van der Waals surface area contributed by atoms with Gasteiger partial charge in [-0.25, -0.2) is 0 Å². The minimum atomic E-state index is -1.19. The molecule has 1 aliphatic heterocycles. The van der Waals surface area contributed by atoms with E-state index in [1.165, 1.54) is 0 Å². The molecule has 0 saturated heterocycles. The third-order valence-corrected chi connectivity index (χ3v) is 3.50. The topological polar surface area (TPSA) is 83.6 Å². The van der Waals surface area contributed by atoms with Crippen molar-refractivity contribution in [2.75, 3.05) is 0 Å². The number of carbonyl (C=O) groups is 1. The van der Waals surface area contributed by atoms with Crippen molar-refractivity contribution < 1.29 is 15.0 Å². The van der Waals surface area contributed by atoms with Gasteiger partial charge in [0.25, 0.3) is 0 Å². The summed E-state index contributed by atoms with van der Waals surface area (Å²) < 4.78 is 0. The van der Waals surface area contributed by atoms with E-state index in [-0.39, 0.29) is 0 Å². The van der Waals surface area contributed by atoms with Gasteiger partial charge >= 0.3 is 5.97 Å². The second kappa shape index (κ2) is 3.75. The molecule has 4 nitrogen and oxygen atoms in total. The number of carboxylic acid groups (broad SMARTS) is 1. The standard InChI is InChI=1S/C7H11NO3S/c8-5(6(9)10)7(11)12-3-1-2-4-12/h1-5,7,11-12H,8H2,(H,9,10)/t5-,7?/m1/s1. The number of carboxylic acids is 1. The molecule has 0 saturated carbocycles. The average Bonchev–Trinajstić information content (AvgIpc) is 2.53. The van der Waals surface area contributed by atoms with Crippen LogP contribution in [0.1, 0.15) is 0 Å². The SMILES string of the molecule is N[C@H](C(=O)O)C(O)[SH]1C=CC=C1. The Kier molecular flexibility index (Phi) is 2.91. The molecule has 4 N–H and O–H groups in total. The van der Waals surface area contributed by atoms with Gasteiger partial charge in [0.05, 0.1) is 0 Å². The van der Waals surface area contributed by atoms with Crippen molar-refractivity contribution >= 4 is 16.9 Å². The van der Waals surface area contributed by atoms with E-state index in [1.54, 1.807) is 23.0 Å². The molecule has 0 aromatic heterocycles. The van der Waals surface area contributed by atoms with E-state index in [4.69, 9.17) is 10.8 Å². The highest BCUT2D eigenvalue weighted by Gasteiger charge is 2.25. The lowest BCUT2D eigenvalue weighted by molar-refractivity contribution is -0.139. The molecule has 0 bridgehead atoms. The zero-order chi connectivity index (χ0) is 9.14. The summed E-state index contributed by atoms with van der Waals surface area (Å²) >= 11 is 0. The predicted octanol–water partition coefficient (Wildman–Crippen LogP) is -0.241. The van der Waals surface area contributed by atoms with Gasteiger partial charge in [-0.1, -0.05) is 12.2 Å². The summed E-state index contributed by atoms with van der Waals surface area (Å²) in [6.07, 6.45) is 3.56. The van der Waals surface area contributed by atoms with Crippen LogP contribution in [0, 0.1) is 0 Å². The first-order valence-electron chi connectivity index (χ1n) is 3.42. The summed E-state index contributed by atoms with van der Waals surface area (Å²) in [6, 6.07) is -1.19. The lowest BCUT2D eigenvalue weighted by Gasteiger charge is -2.21. The first-order chi connectivity index (χ1) is 5.63. The largest absolute Gasteiger partial charge is 0.480 e. The molecule has 0 radical (unpaired) electrons. The van der Waals surface area contributed by atoms with Gasteiger partial charge in [0, 0.05) is 0 Å². The highest BCUT2D eigenvalue weighted by molar-refractivity contribution is 8.22. The molecule has 0 aliphatic carbocycles. The van der Waals surface area contributed by atoms with Gasteiger partial charge in [0.15, 0.2) is 0 Å². The van der Waals surface area contributed by atoms with Crippen molar-refractivity contribution in [1.29, 1.82) is 0 Å². The molecule has 68 valence electrons. The number of aliphatic hydroxyl groups is 1. The number of aliphatic hydroxyl groups excluding tert-OH is 1. The number of aliphatic carboxylic acids is 1. The number of thiol groups is 1. The second-order valence-corrected chi connectivity index (χ2v) is 4.43. The van der Waals surface area contributed by atoms with Crippen LogP contribution in [0.2, 0.25) is 0 Å². The van der Waals surface area contributed by atoms with Gasteiger partial charge in [-0.2, -0.15) is 10.9 Å². The van der Waals surface area contributed by atoms with Gasteiger partial charge in [-0.05, 0) is 10.8 Å². The molecule has 0 fully saturated rings. The molecule has 12 heavy (non-hydrogen) atoms. The van der Waals surface area contributed by atoms with Gasteiger partial charge < -0.3 is 15.9 Å². The van der Waals surface area contributed by atoms with E-state index in [2.05, 4.69) is 0 Å². The zero-order valence-electron chi connectivity index (χ0n) is 6.29. The van der Waals surface area contributed by atoms with Crippen LogP contribution < -0.4 is 5.73 Å². The molecule has 0 aromatic carbocycles. The van der Waals surface area contributed by atoms with Crippen LogP contribution in [0.5, 0.6) is 0 Å². The zero-order valence-corrected chi connectivity index (χ0v) is 7.19. The number of rotatable bonds is 3. The molecule has 5 heteroatoms. The minimum Gasteiger partial charge on any atom is -0.480 e. The Hall–Kier alpha value is -0.780. The Labute approximate surface area is 72.7 Å². The van der Waals surface area contributed by atoms with Crippen LogP contribution >= 0.6 is 10.9 Å². The van der Waals surface area contributed by atoms with E-state index in [1.807, 2.05) is 0 Å². The van der Waals surface area contributed by atoms with Gasteiger partial charge in [0.1, 0.15) is 11.5 Å². The number of hydrogen-bond acceptors (Lipinski definition) is 3. The van der Waals surface area contributed by atoms with Crippen LogP contribution in [-0.4, -0.2) is 27.7 Å². The Morgan fingerprint density at radius 2 is 1.92 bits per heavy atom. The summed E-state index contributed by atoms with van der Waals surface area (Å²) in [6.45, 7) is 0. The van der Waals surface area contributed by atoms with Crippen molar-refractivity contribution in [2.45, 2.75) is 11.5 Å². The molecular weight excluding hydrogens is 178 g/mol. The predicted molar refractivity (Wildman–Crippen MR) is 48.9 cm³/mol. The van der Waals surface area contributed by atoms with Crippen LogP contribution in [0.4, 0.5) is 0 Å². The first-order valence-corrected chi connectivity index (χ1v) is 4.97. The van der Waals surface area contributed by atoms with E-state index in [0.717, 1.165) is 0 Å². The maximum absolute atomic E-state index is 10.4. The highest BCUT2D eigenvalue weighted by Crippen LogP contribution is 2.37. The summed E-state index contributed by atoms with van der Waals surface area (Å²) in [5.74, 6) is -1.17. The second-order valence-electron chi connectivity index (χ2n) is 2.41. The van der Waals surface area contributed by atoms with Crippen molar-refractivity contribution in [3.05, 3.63) is 23.0 Å². The van der Waals surface area contributed by atoms with Crippen molar-refractivity contribution in [3.8, 4) is 0 Å². The highest BCUT2D eigenvalue weighted by atomic mass is 32.2. The van der Waals surface area contributed by atoms with Crippen molar-refractivity contribution in [1.82, 2.24) is 0 Å². The van der Waals surface area contributed by atoms with Crippen molar-refractivity contribution in [2.24, 2.45) is 5.73 Å². The summed E-state index contributed by atoms with van der Waals surface area (Å²) in [5.41, 5.74) is 4.26. The Balaban J connectivity index is 2.57. The van der Waals surface area contributed by atoms with E-state index < -0.39 is 28.3 Å². The minimum absolute atomic E-state index is 0.890. The molecule has 2 atom stereocenters. The Morgan fingerprint density at radius 1 is 1.42 bits per heavy atom. The smallest absolute Gasteiger partial charge is 0.324 e. The summed E-state index contributed by atoms with van der Waals surface area (Å²) in [5, 5.41) is 21.5. The Bertz CT molecular complexity index is 227. The molecule has 1 rings (SSSR count). The molecular formula is C7H11NO3S. The van der Waals surface area contributed by atoms with Gasteiger partial charge in [0.2, 0.25) is 0 Å². The van der Waals surface area contributed by atoms with Crippen LogP contribution in [0.3, 0.4) is 0 Å². The lowest BCUT2D eigenvalue weighted by atomic mass is 10.3. The molecule has 1 unspecified atom stereocenters. The Morgan fingerprint density at radius 3 is 2.33 bits per heavy atom. The van der Waals surface area contributed by atoms with Gasteiger partial charge in [-0.15, -0.1) is 0 Å². The molecule has 0 spiro atoms. The third kappa shape index (κ3) is 1.88. The van der Waals surface area contributed by atoms with Gasteiger partial charge in [-0.3, -0.25) is 4.79 Å². The average molecular weight is 189 g/mol. The van der Waals surface area contributed by atoms with E-state index >= 15 is 0 Å². The lowest BCUT2D eigenvalue weighted by Crippen LogP contribution is -2.40. The van der Waals surface area contributed by atoms with E-state index in [0.29, 0.717) is 0 Å². The van der Waals surface area contributed by atoms with Crippen LogP contribution in [0.15, 0.2) is 23.0 Å². The normalized spacial score (nSPS) is 22.7. The van der Waals surface area contributed by atoms with Crippen molar-refractivity contribution in [3.63, 3.8) is 0 Å². The fourth-order valence-electron chi connectivity index (χ4n) is 0.837. The molecule has 0 amide bonds. The first kappa shape index (κ1) is 9.31. The molecule has 0 aromatic rings. The maximum atomic E-state index is 10.4. The summed E-state index contributed by atoms with van der Waals surface area (Å²) in [4.78, 5) is 10.4. The maximum Gasteiger partial charge on any atom is 0.324 e. The molecule has 1 heterocycles. The van der Waals surface area contributed by atoms with E-state index in [9.17, 15) is 9.90 Å². The third-order valence-electron chi connectivity index (χ3n) is 1.54. The summed E-state index contributed by atoms with van der Waals surface area (Å²) in [7, 11) is -0.890. The number of hydrogen-bond donors (Lipinski definition) is 4.